The molecule has 1 atom stereocenters. The van der Waals surface area contributed by atoms with Gasteiger partial charge in [0.1, 0.15) is 5.75 Å². The molecule has 4 N–H and O–H groups in total. The van der Waals surface area contributed by atoms with Crippen LogP contribution in [0.15, 0.2) is 24.3 Å². The average molecular weight is 221 g/mol. The molecular formula is C13H19NO2. The summed E-state index contributed by atoms with van der Waals surface area (Å²) in [4.78, 5) is 0. The molecule has 0 radical (unpaired) electrons. The Morgan fingerprint density at radius 3 is 2.56 bits per heavy atom. The summed E-state index contributed by atoms with van der Waals surface area (Å²) in [7, 11) is 0. The van der Waals surface area contributed by atoms with Gasteiger partial charge in [0.05, 0.1) is 6.10 Å². The van der Waals surface area contributed by atoms with Crippen molar-refractivity contribution >= 4 is 0 Å². The van der Waals surface area contributed by atoms with Gasteiger partial charge in [-0.15, -0.1) is 0 Å². The molecule has 0 bridgehead atoms. The summed E-state index contributed by atoms with van der Waals surface area (Å²) in [6.45, 7) is 0.504. The van der Waals surface area contributed by atoms with E-state index in [4.69, 9.17) is 5.73 Å². The Morgan fingerprint density at radius 1 is 1.31 bits per heavy atom. The van der Waals surface area contributed by atoms with Gasteiger partial charge in [0.15, 0.2) is 0 Å². The molecule has 1 unspecified atom stereocenters. The summed E-state index contributed by atoms with van der Waals surface area (Å²) in [6, 6.07) is 6.84. The molecular weight excluding hydrogens is 202 g/mol. The molecule has 0 amide bonds. The molecule has 88 valence electrons. The highest BCUT2D eigenvalue weighted by molar-refractivity contribution is 5.30. The summed E-state index contributed by atoms with van der Waals surface area (Å²) in [5, 5.41) is 19.8. The molecule has 3 nitrogen and oxygen atoms in total. The third-order valence-corrected chi connectivity index (χ3v) is 3.77. The van der Waals surface area contributed by atoms with Gasteiger partial charge in [0, 0.05) is 12.0 Å². The fraction of sp³-hybridized carbons (Fsp3) is 0.538. The lowest BCUT2D eigenvalue weighted by molar-refractivity contribution is 0.0332. The number of nitrogens with two attached hydrogens (primary N) is 1. The minimum atomic E-state index is -0.563. The zero-order valence-corrected chi connectivity index (χ0v) is 9.39. The minimum absolute atomic E-state index is 0.187. The SMILES string of the molecule is NCC1(C(O)c2cccc(O)c2)CCCC1. The fourth-order valence-corrected chi connectivity index (χ4v) is 2.72. The number of hydrogen-bond donors (Lipinski definition) is 3. The van der Waals surface area contributed by atoms with E-state index in [9.17, 15) is 10.2 Å². The smallest absolute Gasteiger partial charge is 0.115 e. The van der Waals surface area contributed by atoms with Crippen molar-refractivity contribution < 1.29 is 10.2 Å². The summed E-state index contributed by atoms with van der Waals surface area (Å²) in [5.74, 6) is 0.196. The second-order valence-electron chi connectivity index (χ2n) is 4.77. The molecule has 0 spiro atoms. The van der Waals surface area contributed by atoms with E-state index in [0.29, 0.717) is 6.54 Å². The maximum absolute atomic E-state index is 10.4. The molecule has 0 aromatic heterocycles. The van der Waals surface area contributed by atoms with Crippen LogP contribution in [0.4, 0.5) is 0 Å². The van der Waals surface area contributed by atoms with Gasteiger partial charge in [-0.2, -0.15) is 0 Å². The van der Waals surface area contributed by atoms with E-state index < -0.39 is 6.10 Å². The Kier molecular flexibility index (Phi) is 3.17. The molecule has 1 aromatic carbocycles. The monoisotopic (exact) mass is 221 g/mol. The Bertz CT molecular complexity index is 359. The van der Waals surface area contributed by atoms with Crippen molar-refractivity contribution in [1.82, 2.24) is 0 Å². The molecule has 1 saturated carbocycles. The van der Waals surface area contributed by atoms with Crippen LogP contribution in [-0.4, -0.2) is 16.8 Å². The molecule has 1 fully saturated rings. The standard InChI is InChI=1S/C13H19NO2/c14-9-13(6-1-2-7-13)12(16)10-4-3-5-11(15)8-10/h3-5,8,12,15-16H,1-2,6-7,9,14H2. The van der Waals surface area contributed by atoms with Crippen LogP contribution in [-0.2, 0) is 0 Å². The van der Waals surface area contributed by atoms with Gasteiger partial charge in [0.2, 0.25) is 0 Å². The molecule has 2 rings (SSSR count). The summed E-state index contributed by atoms with van der Waals surface area (Å²) >= 11 is 0. The quantitative estimate of drug-likeness (QED) is 0.730. The maximum Gasteiger partial charge on any atom is 0.115 e. The third kappa shape index (κ3) is 1.93. The second kappa shape index (κ2) is 4.44. The number of hydrogen-bond acceptors (Lipinski definition) is 3. The van der Waals surface area contributed by atoms with Crippen LogP contribution in [0.2, 0.25) is 0 Å². The van der Waals surface area contributed by atoms with Crippen molar-refractivity contribution in [3.63, 3.8) is 0 Å². The van der Waals surface area contributed by atoms with Crippen molar-refractivity contribution in [2.24, 2.45) is 11.1 Å². The van der Waals surface area contributed by atoms with E-state index in [-0.39, 0.29) is 11.2 Å². The first-order valence-corrected chi connectivity index (χ1v) is 5.85. The summed E-state index contributed by atoms with van der Waals surface area (Å²) in [6.07, 6.45) is 3.65. The average Bonchev–Trinajstić information content (AvgIpc) is 2.78. The van der Waals surface area contributed by atoms with E-state index in [1.165, 1.54) is 0 Å². The molecule has 0 aliphatic heterocycles. The van der Waals surface area contributed by atoms with E-state index in [2.05, 4.69) is 0 Å². The molecule has 1 aliphatic rings. The minimum Gasteiger partial charge on any atom is -0.508 e. The lowest BCUT2D eigenvalue weighted by Crippen LogP contribution is -2.34. The van der Waals surface area contributed by atoms with Crippen LogP contribution in [0.5, 0.6) is 5.75 Å². The number of aliphatic hydroxyl groups excluding tert-OH is 1. The van der Waals surface area contributed by atoms with E-state index >= 15 is 0 Å². The van der Waals surface area contributed by atoms with Crippen molar-refractivity contribution in [2.45, 2.75) is 31.8 Å². The number of phenolic OH excluding ortho intramolecular Hbond substituents is 1. The summed E-state index contributed by atoms with van der Waals surface area (Å²) < 4.78 is 0. The molecule has 16 heavy (non-hydrogen) atoms. The van der Waals surface area contributed by atoms with Gasteiger partial charge >= 0.3 is 0 Å². The van der Waals surface area contributed by atoms with Gasteiger partial charge < -0.3 is 15.9 Å². The summed E-state index contributed by atoms with van der Waals surface area (Å²) in [5.41, 5.74) is 6.41. The van der Waals surface area contributed by atoms with Crippen LogP contribution in [0.3, 0.4) is 0 Å². The van der Waals surface area contributed by atoms with Gasteiger partial charge in [-0.25, -0.2) is 0 Å². The predicted octanol–water partition coefficient (Wildman–Crippen LogP) is 1.94. The Labute approximate surface area is 95.9 Å². The van der Waals surface area contributed by atoms with Crippen LogP contribution >= 0.6 is 0 Å². The lowest BCUT2D eigenvalue weighted by atomic mass is 9.77. The van der Waals surface area contributed by atoms with E-state index in [1.54, 1.807) is 18.2 Å². The Hall–Kier alpha value is -1.06. The highest BCUT2D eigenvalue weighted by Crippen LogP contribution is 2.47. The van der Waals surface area contributed by atoms with Gasteiger partial charge in [-0.05, 0) is 30.5 Å². The first kappa shape index (κ1) is 11.4. The fourth-order valence-electron chi connectivity index (χ4n) is 2.72. The molecule has 3 heteroatoms. The van der Waals surface area contributed by atoms with Crippen LogP contribution in [0, 0.1) is 5.41 Å². The highest BCUT2D eigenvalue weighted by atomic mass is 16.3. The molecule has 1 aromatic rings. The molecule has 0 saturated heterocycles. The number of rotatable bonds is 3. The predicted molar refractivity (Wildman–Crippen MR) is 63.0 cm³/mol. The molecule has 1 aliphatic carbocycles. The molecule has 0 heterocycles. The van der Waals surface area contributed by atoms with Crippen LogP contribution in [0.1, 0.15) is 37.4 Å². The van der Waals surface area contributed by atoms with E-state index in [0.717, 1.165) is 31.2 Å². The van der Waals surface area contributed by atoms with Crippen molar-refractivity contribution in [2.75, 3.05) is 6.54 Å². The van der Waals surface area contributed by atoms with Crippen molar-refractivity contribution in [3.05, 3.63) is 29.8 Å². The number of phenols is 1. The van der Waals surface area contributed by atoms with Crippen molar-refractivity contribution in [1.29, 1.82) is 0 Å². The van der Waals surface area contributed by atoms with Crippen molar-refractivity contribution in [3.8, 4) is 5.75 Å². The first-order chi connectivity index (χ1) is 7.68. The van der Waals surface area contributed by atoms with E-state index in [1.807, 2.05) is 6.07 Å². The largest absolute Gasteiger partial charge is 0.508 e. The lowest BCUT2D eigenvalue weighted by Gasteiger charge is -2.33. The van der Waals surface area contributed by atoms with Gasteiger partial charge in [-0.3, -0.25) is 0 Å². The first-order valence-electron chi connectivity index (χ1n) is 5.85. The normalized spacial score (nSPS) is 20.9. The van der Waals surface area contributed by atoms with Crippen LogP contribution in [0.25, 0.3) is 0 Å². The van der Waals surface area contributed by atoms with Crippen LogP contribution < -0.4 is 5.73 Å². The second-order valence-corrected chi connectivity index (χ2v) is 4.77. The van der Waals surface area contributed by atoms with Gasteiger partial charge in [0.25, 0.3) is 0 Å². The number of aliphatic hydroxyl groups is 1. The topological polar surface area (TPSA) is 66.5 Å². The zero-order valence-electron chi connectivity index (χ0n) is 9.39. The zero-order chi connectivity index (χ0) is 11.6. The maximum atomic E-state index is 10.4. The highest BCUT2D eigenvalue weighted by Gasteiger charge is 2.40. The number of aromatic hydroxyl groups is 1. The Morgan fingerprint density at radius 2 is 2.00 bits per heavy atom. The Balaban J connectivity index is 2.26. The number of benzene rings is 1. The van der Waals surface area contributed by atoms with Gasteiger partial charge in [-0.1, -0.05) is 25.0 Å². The third-order valence-electron chi connectivity index (χ3n) is 3.77.